The Hall–Kier alpha value is -2.04. The normalized spacial score (nSPS) is 11.4. The number of rotatable bonds is 7. The second-order valence-electron chi connectivity index (χ2n) is 6.52. The standard InChI is InChI=1S/C17H25NO4/c1-12(2)10-17(3,4)16(21)18(5)13-6-8-14(9-7-13)22-11-15(19)20/h6-9,12H,10-11H2,1-5H3,(H,19,20). The average molecular weight is 307 g/mol. The number of carbonyl (C=O) groups is 2. The number of nitrogens with zero attached hydrogens (tertiary/aromatic N) is 1. The summed E-state index contributed by atoms with van der Waals surface area (Å²) in [5.41, 5.74) is 0.325. The molecule has 5 heteroatoms. The van der Waals surface area contributed by atoms with Gasteiger partial charge in [-0.05, 0) is 36.6 Å². The Bertz CT molecular complexity index is 520. The molecule has 0 heterocycles. The molecule has 0 fully saturated rings. The summed E-state index contributed by atoms with van der Waals surface area (Å²) in [6.45, 7) is 7.73. The van der Waals surface area contributed by atoms with Gasteiger partial charge in [-0.3, -0.25) is 4.79 Å². The SMILES string of the molecule is CC(C)CC(C)(C)C(=O)N(C)c1ccc(OCC(=O)O)cc1. The van der Waals surface area contributed by atoms with E-state index in [1.807, 2.05) is 13.8 Å². The summed E-state index contributed by atoms with van der Waals surface area (Å²) >= 11 is 0. The van der Waals surface area contributed by atoms with Crippen molar-refractivity contribution in [3.63, 3.8) is 0 Å². The van der Waals surface area contributed by atoms with Crippen LogP contribution in [0.1, 0.15) is 34.1 Å². The number of carboxylic acids is 1. The topological polar surface area (TPSA) is 66.8 Å². The van der Waals surface area contributed by atoms with Crippen molar-refractivity contribution in [3.05, 3.63) is 24.3 Å². The van der Waals surface area contributed by atoms with Gasteiger partial charge in [0, 0.05) is 18.2 Å². The van der Waals surface area contributed by atoms with Crippen LogP contribution in [0.4, 0.5) is 5.69 Å². The fraction of sp³-hybridized carbons (Fsp3) is 0.529. The largest absolute Gasteiger partial charge is 0.482 e. The summed E-state index contributed by atoms with van der Waals surface area (Å²) in [5.74, 6) is -0.0557. The maximum absolute atomic E-state index is 12.6. The lowest BCUT2D eigenvalue weighted by Crippen LogP contribution is -2.39. The van der Waals surface area contributed by atoms with Crippen molar-refractivity contribution in [1.29, 1.82) is 0 Å². The monoisotopic (exact) mass is 307 g/mol. The third-order valence-corrected chi connectivity index (χ3v) is 3.39. The van der Waals surface area contributed by atoms with Gasteiger partial charge < -0.3 is 14.7 Å². The van der Waals surface area contributed by atoms with Crippen LogP contribution in [-0.4, -0.2) is 30.6 Å². The fourth-order valence-electron chi connectivity index (χ4n) is 2.59. The van der Waals surface area contributed by atoms with Crippen molar-refractivity contribution in [2.45, 2.75) is 34.1 Å². The molecule has 0 spiro atoms. The Balaban J connectivity index is 2.78. The first-order valence-corrected chi connectivity index (χ1v) is 7.36. The van der Waals surface area contributed by atoms with Crippen LogP contribution >= 0.6 is 0 Å². The van der Waals surface area contributed by atoms with E-state index >= 15 is 0 Å². The van der Waals surface area contributed by atoms with Crippen molar-refractivity contribution in [3.8, 4) is 5.75 Å². The van der Waals surface area contributed by atoms with Gasteiger partial charge in [-0.15, -0.1) is 0 Å². The zero-order valence-electron chi connectivity index (χ0n) is 13.9. The van der Waals surface area contributed by atoms with Crippen molar-refractivity contribution in [2.24, 2.45) is 11.3 Å². The Kier molecular flexibility index (Phi) is 5.97. The molecule has 0 saturated heterocycles. The van der Waals surface area contributed by atoms with Crippen molar-refractivity contribution < 1.29 is 19.4 Å². The van der Waals surface area contributed by atoms with Gasteiger partial charge in [0.15, 0.2) is 6.61 Å². The lowest BCUT2D eigenvalue weighted by Gasteiger charge is -2.30. The molecule has 0 aliphatic rings. The number of amides is 1. The first kappa shape index (κ1) is 18.0. The molecule has 22 heavy (non-hydrogen) atoms. The Morgan fingerprint density at radius 2 is 1.77 bits per heavy atom. The summed E-state index contributed by atoms with van der Waals surface area (Å²) in [6, 6.07) is 6.83. The van der Waals surface area contributed by atoms with Crippen LogP contribution < -0.4 is 9.64 Å². The molecule has 5 nitrogen and oxygen atoms in total. The van der Waals surface area contributed by atoms with E-state index in [1.165, 1.54) is 0 Å². The molecule has 0 aliphatic carbocycles. The van der Waals surface area contributed by atoms with Crippen molar-refractivity contribution >= 4 is 17.6 Å². The molecule has 0 unspecified atom stereocenters. The highest BCUT2D eigenvalue weighted by atomic mass is 16.5. The number of carboxylic acid groups (broad SMARTS) is 1. The molecular formula is C17H25NO4. The minimum absolute atomic E-state index is 0.0559. The highest BCUT2D eigenvalue weighted by Gasteiger charge is 2.31. The molecule has 1 N–H and O–H groups in total. The van der Waals surface area contributed by atoms with E-state index in [0.29, 0.717) is 11.7 Å². The molecule has 0 atom stereocenters. The quantitative estimate of drug-likeness (QED) is 0.840. The summed E-state index contributed by atoms with van der Waals surface area (Å²) in [6.07, 6.45) is 0.815. The minimum Gasteiger partial charge on any atom is -0.482 e. The number of anilines is 1. The maximum atomic E-state index is 12.6. The van der Waals surface area contributed by atoms with Crippen molar-refractivity contribution in [1.82, 2.24) is 0 Å². The first-order chi connectivity index (χ1) is 10.1. The smallest absolute Gasteiger partial charge is 0.341 e. The predicted molar refractivity (Wildman–Crippen MR) is 86.2 cm³/mol. The van der Waals surface area contributed by atoms with Gasteiger partial charge in [-0.2, -0.15) is 0 Å². The van der Waals surface area contributed by atoms with Gasteiger partial charge >= 0.3 is 5.97 Å². The van der Waals surface area contributed by atoms with Crippen LogP contribution in [0, 0.1) is 11.3 Å². The van der Waals surface area contributed by atoms with Crippen LogP contribution in [0.3, 0.4) is 0 Å². The van der Waals surface area contributed by atoms with E-state index < -0.39 is 11.4 Å². The molecule has 0 bridgehead atoms. The molecule has 1 aromatic carbocycles. The Morgan fingerprint density at radius 3 is 2.23 bits per heavy atom. The van der Waals surface area contributed by atoms with Gasteiger partial charge in [-0.1, -0.05) is 27.7 Å². The number of ether oxygens (including phenoxy) is 1. The number of aliphatic carboxylic acids is 1. The van der Waals surface area contributed by atoms with E-state index in [9.17, 15) is 9.59 Å². The molecule has 0 aromatic heterocycles. The summed E-state index contributed by atoms with van der Waals surface area (Å²) < 4.78 is 5.08. The second kappa shape index (κ2) is 7.29. The lowest BCUT2D eigenvalue weighted by molar-refractivity contribution is -0.139. The summed E-state index contributed by atoms with van der Waals surface area (Å²) in [4.78, 5) is 24.7. The molecule has 1 amide bonds. The first-order valence-electron chi connectivity index (χ1n) is 7.36. The fourth-order valence-corrected chi connectivity index (χ4v) is 2.59. The number of hydrogen-bond acceptors (Lipinski definition) is 3. The summed E-state index contributed by atoms with van der Waals surface area (Å²) in [7, 11) is 1.75. The Labute approximate surface area is 131 Å². The van der Waals surface area contributed by atoms with Gasteiger partial charge in [0.25, 0.3) is 0 Å². The van der Waals surface area contributed by atoms with Crippen LogP contribution in [0.2, 0.25) is 0 Å². The zero-order chi connectivity index (χ0) is 16.9. The van der Waals surface area contributed by atoms with Gasteiger partial charge in [0.2, 0.25) is 5.91 Å². The van der Waals surface area contributed by atoms with Crippen molar-refractivity contribution in [2.75, 3.05) is 18.6 Å². The molecule has 0 saturated carbocycles. The third kappa shape index (κ3) is 5.06. The maximum Gasteiger partial charge on any atom is 0.341 e. The minimum atomic E-state index is -1.02. The van der Waals surface area contributed by atoms with E-state index in [4.69, 9.17) is 9.84 Å². The van der Waals surface area contributed by atoms with Gasteiger partial charge in [-0.25, -0.2) is 4.79 Å². The van der Waals surface area contributed by atoms with Crippen LogP contribution in [0.15, 0.2) is 24.3 Å². The van der Waals surface area contributed by atoms with Crippen LogP contribution in [0.5, 0.6) is 5.75 Å². The number of hydrogen-bond donors (Lipinski definition) is 1. The van der Waals surface area contributed by atoms with Gasteiger partial charge in [0.05, 0.1) is 0 Å². The van der Waals surface area contributed by atoms with Crippen LogP contribution in [0.25, 0.3) is 0 Å². The lowest BCUT2D eigenvalue weighted by atomic mass is 9.82. The summed E-state index contributed by atoms with van der Waals surface area (Å²) in [5, 5.41) is 8.57. The molecule has 122 valence electrons. The third-order valence-electron chi connectivity index (χ3n) is 3.39. The zero-order valence-corrected chi connectivity index (χ0v) is 13.9. The second-order valence-corrected chi connectivity index (χ2v) is 6.52. The highest BCUT2D eigenvalue weighted by molar-refractivity contribution is 5.96. The van der Waals surface area contributed by atoms with E-state index in [2.05, 4.69) is 13.8 Å². The van der Waals surface area contributed by atoms with Gasteiger partial charge in [0.1, 0.15) is 5.75 Å². The number of benzene rings is 1. The van der Waals surface area contributed by atoms with E-state index in [0.717, 1.165) is 12.1 Å². The average Bonchev–Trinajstić information content (AvgIpc) is 2.42. The number of carbonyl (C=O) groups excluding carboxylic acids is 1. The van der Waals surface area contributed by atoms with E-state index in [1.54, 1.807) is 36.2 Å². The molecular weight excluding hydrogens is 282 g/mol. The predicted octanol–water partition coefficient (Wildman–Crippen LogP) is 3.19. The molecule has 1 rings (SSSR count). The molecule has 0 aliphatic heterocycles. The van der Waals surface area contributed by atoms with Crippen LogP contribution in [-0.2, 0) is 9.59 Å². The highest BCUT2D eigenvalue weighted by Crippen LogP contribution is 2.30. The van der Waals surface area contributed by atoms with E-state index in [-0.39, 0.29) is 12.5 Å². The Morgan fingerprint density at radius 1 is 1.23 bits per heavy atom. The molecule has 1 aromatic rings. The molecule has 0 radical (unpaired) electrons.